The Hall–Kier alpha value is -2.38. The number of rotatable bonds is 7. The van der Waals surface area contributed by atoms with Gasteiger partial charge in [0.15, 0.2) is 0 Å². The standard InChI is InChI=1S/C17H19N3O/c1-20(14-16-7-10-19-11-8-16)12-13-21-17-4-2-15(3-5-17)6-9-18/h2-5,7-8,10-11H,6,12-14H2,1H3. The van der Waals surface area contributed by atoms with Gasteiger partial charge < -0.3 is 4.74 Å². The van der Waals surface area contributed by atoms with Crippen molar-refractivity contribution in [3.63, 3.8) is 0 Å². The summed E-state index contributed by atoms with van der Waals surface area (Å²) in [6.07, 6.45) is 4.06. The van der Waals surface area contributed by atoms with Crippen LogP contribution in [0.3, 0.4) is 0 Å². The zero-order valence-corrected chi connectivity index (χ0v) is 12.2. The average molecular weight is 281 g/mol. The first-order valence-corrected chi connectivity index (χ1v) is 6.94. The minimum Gasteiger partial charge on any atom is -0.492 e. The summed E-state index contributed by atoms with van der Waals surface area (Å²) in [7, 11) is 2.07. The number of hydrogen-bond acceptors (Lipinski definition) is 4. The van der Waals surface area contributed by atoms with E-state index in [9.17, 15) is 0 Å². The van der Waals surface area contributed by atoms with Crippen LogP contribution < -0.4 is 4.74 Å². The van der Waals surface area contributed by atoms with Gasteiger partial charge in [0.25, 0.3) is 0 Å². The SMILES string of the molecule is CN(CCOc1ccc(CC#N)cc1)Cc1ccncc1. The predicted molar refractivity (Wildman–Crippen MR) is 81.8 cm³/mol. The van der Waals surface area contributed by atoms with Crippen molar-refractivity contribution in [3.8, 4) is 11.8 Å². The third-order valence-corrected chi connectivity index (χ3v) is 3.15. The van der Waals surface area contributed by atoms with Crippen molar-refractivity contribution in [3.05, 3.63) is 59.9 Å². The summed E-state index contributed by atoms with van der Waals surface area (Å²) >= 11 is 0. The molecule has 108 valence electrons. The number of nitriles is 1. The molecular formula is C17H19N3O. The lowest BCUT2D eigenvalue weighted by molar-refractivity contribution is 0.233. The van der Waals surface area contributed by atoms with Crippen LogP contribution in [-0.2, 0) is 13.0 Å². The second-order valence-electron chi connectivity index (χ2n) is 4.92. The number of aromatic nitrogens is 1. The highest BCUT2D eigenvalue weighted by Crippen LogP contribution is 2.12. The van der Waals surface area contributed by atoms with Crippen LogP contribution in [0.5, 0.6) is 5.75 Å². The van der Waals surface area contributed by atoms with E-state index in [4.69, 9.17) is 10.00 Å². The summed E-state index contributed by atoms with van der Waals surface area (Å²) in [5, 5.41) is 8.62. The highest BCUT2D eigenvalue weighted by Gasteiger charge is 2.01. The van der Waals surface area contributed by atoms with Crippen LogP contribution in [-0.4, -0.2) is 30.1 Å². The predicted octanol–water partition coefficient (Wildman–Crippen LogP) is 2.66. The molecular weight excluding hydrogens is 262 g/mol. The fourth-order valence-electron chi connectivity index (χ4n) is 1.99. The molecule has 0 saturated heterocycles. The van der Waals surface area contributed by atoms with Crippen LogP contribution in [0, 0.1) is 11.3 Å². The van der Waals surface area contributed by atoms with E-state index in [1.54, 1.807) is 0 Å². The molecule has 0 unspecified atom stereocenters. The molecule has 4 heteroatoms. The van der Waals surface area contributed by atoms with E-state index >= 15 is 0 Å². The van der Waals surface area contributed by atoms with Gasteiger partial charge in [-0.2, -0.15) is 5.26 Å². The van der Waals surface area contributed by atoms with E-state index in [0.29, 0.717) is 13.0 Å². The Bertz CT molecular complexity index is 575. The summed E-state index contributed by atoms with van der Waals surface area (Å²) in [6.45, 7) is 2.37. The first kappa shape index (κ1) is 15.0. The van der Waals surface area contributed by atoms with Crippen molar-refractivity contribution < 1.29 is 4.74 Å². The number of pyridine rings is 1. The molecule has 0 amide bonds. The molecule has 0 radical (unpaired) electrons. The minimum atomic E-state index is 0.439. The molecule has 0 bridgehead atoms. The van der Waals surface area contributed by atoms with Crippen molar-refractivity contribution >= 4 is 0 Å². The fraction of sp³-hybridized carbons (Fsp3) is 0.294. The number of nitrogens with zero attached hydrogens (tertiary/aromatic N) is 3. The normalized spacial score (nSPS) is 10.3. The van der Waals surface area contributed by atoms with Gasteiger partial charge in [-0.15, -0.1) is 0 Å². The van der Waals surface area contributed by atoms with E-state index in [1.165, 1.54) is 5.56 Å². The first-order valence-electron chi connectivity index (χ1n) is 6.94. The Morgan fingerprint density at radius 2 is 1.81 bits per heavy atom. The van der Waals surface area contributed by atoms with Crippen LogP contribution in [0.25, 0.3) is 0 Å². The van der Waals surface area contributed by atoms with E-state index < -0.39 is 0 Å². The number of hydrogen-bond donors (Lipinski definition) is 0. The van der Waals surface area contributed by atoms with Crippen LogP contribution in [0.4, 0.5) is 0 Å². The molecule has 0 spiro atoms. The molecule has 2 aromatic rings. The molecule has 21 heavy (non-hydrogen) atoms. The molecule has 4 nitrogen and oxygen atoms in total. The first-order chi connectivity index (χ1) is 10.3. The van der Waals surface area contributed by atoms with Gasteiger partial charge in [0.1, 0.15) is 12.4 Å². The van der Waals surface area contributed by atoms with Gasteiger partial charge in [-0.3, -0.25) is 9.88 Å². The Labute approximate surface area is 125 Å². The molecule has 0 saturated carbocycles. The Morgan fingerprint density at radius 1 is 1.10 bits per heavy atom. The number of ether oxygens (including phenoxy) is 1. The van der Waals surface area contributed by atoms with Crippen molar-refractivity contribution in [2.45, 2.75) is 13.0 Å². The topological polar surface area (TPSA) is 49.1 Å². The van der Waals surface area contributed by atoms with Crippen LogP contribution >= 0.6 is 0 Å². The molecule has 2 rings (SSSR count). The maximum atomic E-state index is 8.62. The lowest BCUT2D eigenvalue weighted by Crippen LogP contribution is -2.23. The quantitative estimate of drug-likeness (QED) is 0.783. The smallest absolute Gasteiger partial charge is 0.119 e. The number of likely N-dealkylation sites (N-methyl/N-ethyl adjacent to an activating group) is 1. The summed E-state index contributed by atoms with van der Waals surface area (Å²) < 4.78 is 5.71. The van der Waals surface area contributed by atoms with E-state index in [1.807, 2.05) is 48.8 Å². The average Bonchev–Trinajstić information content (AvgIpc) is 2.50. The molecule has 1 aromatic heterocycles. The molecule has 0 atom stereocenters. The molecule has 1 aromatic carbocycles. The Kier molecular flexibility index (Phi) is 5.74. The van der Waals surface area contributed by atoms with Gasteiger partial charge in [0, 0.05) is 25.5 Å². The molecule has 0 N–H and O–H groups in total. The largest absolute Gasteiger partial charge is 0.492 e. The zero-order valence-electron chi connectivity index (χ0n) is 12.2. The second-order valence-corrected chi connectivity index (χ2v) is 4.92. The summed E-state index contributed by atoms with van der Waals surface area (Å²) in [5.74, 6) is 0.842. The van der Waals surface area contributed by atoms with Crippen LogP contribution in [0.1, 0.15) is 11.1 Å². The summed E-state index contributed by atoms with van der Waals surface area (Å²) in [6, 6.07) is 13.9. The monoisotopic (exact) mass is 281 g/mol. The van der Waals surface area contributed by atoms with Gasteiger partial charge in [-0.1, -0.05) is 12.1 Å². The van der Waals surface area contributed by atoms with Crippen LogP contribution in [0.15, 0.2) is 48.8 Å². The Morgan fingerprint density at radius 3 is 2.48 bits per heavy atom. The minimum absolute atomic E-state index is 0.439. The van der Waals surface area contributed by atoms with E-state index in [0.717, 1.165) is 24.4 Å². The molecule has 0 fully saturated rings. The fourth-order valence-corrected chi connectivity index (χ4v) is 1.99. The molecule has 1 heterocycles. The van der Waals surface area contributed by atoms with Crippen LogP contribution in [0.2, 0.25) is 0 Å². The molecule has 0 aliphatic heterocycles. The summed E-state index contributed by atoms with van der Waals surface area (Å²) in [4.78, 5) is 6.22. The van der Waals surface area contributed by atoms with Crippen molar-refractivity contribution in [1.29, 1.82) is 5.26 Å². The highest BCUT2D eigenvalue weighted by atomic mass is 16.5. The van der Waals surface area contributed by atoms with Gasteiger partial charge in [0.2, 0.25) is 0 Å². The highest BCUT2D eigenvalue weighted by molar-refractivity contribution is 5.28. The third-order valence-electron chi connectivity index (χ3n) is 3.15. The van der Waals surface area contributed by atoms with E-state index in [-0.39, 0.29) is 0 Å². The maximum Gasteiger partial charge on any atom is 0.119 e. The molecule has 0 aliphatic rings. The van der Waals surface area contributed by atoms with Crippen molar-refractivity contribution in [2.24, 2.45) is 0 Å². The third kappa shape index (κ3) is 5.25. The van der Waals surface area contributed by atoms with E-state index in [2.05, 4.69) is 23.0 Å². The lowest BCUT2D eigenvalue weighted by atomic mass is 10.2. The maximum absolute atomic E-state index is 8.62. The second kappa shape index (κ2) is 8.03. The van der Waals surface area contributed by atoms with Crippen molar-refractivity contribution in [1.82, 2.24) is 9.88 Å². The zero-order chi connectivity index (χ0) is 14.9. The Balaban J connectivity index is 1.72. The number of benzene rings is 1. The summed E-state index contributed by atoms with van der Waals surface area (Å²) in [5.41, 5.74) is 2.26. The van der Waals surface area contributed by atoms with Crippen molar-refractivity contribution in [2.75, 3.05) is 20.2 Å². The van der Waals surface area contributed by atoms with Gasteiger partial charge in [-0.05, 0) is 42.4 Å². The lowest BCUT2D eigenvalue weighted by Gasteiger charge is -2.17. The van der Waals surface area contributed by atoms with Gasteiger partial charge in [-0.25, -0.2) is 0 Å². The molecule has 0 aliphatic carbocycles. The van der Waals surface area contributed by atoms with Gasteiger partial charge in [0.05, 0.1) is 12.5 Å². The van der Waals surface area contributed by atoms with Gasteiger partial charge >= 0.3 is 0 Å².